The summed E-state index contributed by atoms with van der Waals surface area (Å²) in [5, 5.41) is 0. The summed E-state index contributed by atoms with van der Waals surface area (Å²) < 4.78 is 27.4. The molecule has 0 amide bonds. The van der Waals surface area contributed by atoms with Gasteiger partial charge in [0.05, 0.1) is 4.90 Å². The number of Topliss-reactive ketones (excluding diaryl/α,β-unsaturated/α-hetero) is 1. The molecule has 0 saturated heterocycles. The Morgan fingerprint density at radius 3 is 2.25 bits per heavy atom. The van der Waals surface area contributed by atoms with E-state index in [9.17, 15) is 13.2 Å². The Hall–Kier alpha value is -2.83. The molecule has 1 aromatic heterocycles. The summed E-state index contributed by atoms with van der Waals surface area (Å²) in [6.45, 7) is 0.234. The van der Waals surface area contributed by atoms with Crippen molar-refractivity contribution in [1.29, 1.82) is 0 Å². The van der Waals surface area contributed by atoms with Crippen LogP contribution >= 0.6 is 0 Å². The van der Waals surface area contributed by atoms with E-state index in [-0.39, 0.29) is 23.6 Å². The summed E-state index contributed by atoms with van der Waals surface area (Å²) in [6, 6.07) is 19.6. The summed E-state index contributed by atoms with van der Waals surface area (Å²) in [4.78, 5) is 16.4. The molecular weight excluding hydrogens is 372 g/mol. The van der Waals surface area contributed by atoms with Crippen LogP contribution in [0.2, 0.25) is 0 Å². The molecule has 1 heterocycles. The number of carbonyl (C=O) groups excluding carboxylic acids is 1. The molecule has 0 bridgehead atoms. The van der Waals surface area contributed by atoms with E-state index in [2.05, 4.69) is 9.71 Å². The maximum absolute atomic E-state index is 12.4. The largest absolute Gasteiger partial charge is 0.299 e. The zero-order chi connectivity index (χ0) is 19.8. The smallest absolute Gasteiger partial charge is 0.240 e. The maximum Gasteiger partial charge on any atom is 0.240 e. The molecule has 0 radical (unpaired) electrons. The van der Waals surface area contributed by atoms with Gasteiger partial charge in [0.1, 0.15) is 5.78 Å². The van der Waals surface area contributed by atoms with E-state index in [0.717, 1.165) is 16.7 Å². The van der Waals surface area contributed by atoms with Gasteiger partial charge in [-0.1, -0.05) is 48.5 Å². The number of aryl methyl sites for hydroxylation is 1. The molecule has 3 aromatic rings. The summed E-state index contributed by atoms with van der Waals surface area (Å²) in [5.41, 5.74) is 2.72. The monoisotopic (exact) mass is 394 g/mol. The minimum absolute atomic E-state index is 0.113. The van der Waals surface area contributed by atoms with E-state index in [4.69, 9.17) is 0 Å². The van der Waals surface area contributed by atoms with Crippen molar-refractivity contribution in [2.45, 2.75) is 30.7 Å². The average Bonchev–Trinajstić information content (AvgIpc) is 2.73. The highest BCUT2D eigenvalue weighted by Gasteiger charge is 2.14. The number of benzene rings is 2. The Kier molecular flexibility index (Phi) is 6.68. The molecule has 3 rings (SSSR count). The van der Waals surface area contributed by atoms with Gasteiger partial charge >= 0.3 is 0 Å². The molecule has 144 valence electrons. The lowest BCUT2D eigenvalue weighted by molar-refractivity contribution is -0.118. The van der Waals surface area contributed by atoms with Crippen molar-refractivity contribution in [3.8, 4) is 0 Å². The van der Waals surface area contributed by atoms with Crippen LogP contribution in [-0.4, -0.2) is 19.2 Å². The number of ketones is 1. The first kappa shape index (κ1) is 19.9. The van der Waals surface area contributed by atoms with Gasteiger partial charge in [-0.05, 0) is 41.3 Å². The van der Waals surface area contributed by atoms with Crippen molar-refractivity contribution >= 4 is 15.8 Å². The van der Waals surface area contributed by atoms with Gasteiger partial charge in [0.2, 0.25) is 10.0 Å². The van der Waals surface area contributed by atoms with Crippen molar-refractivity contribution in [1.82, 2.24) is 9.71 Å². The minimum atomic E-state index is -3.59. The highest BCUT2D eigenvalue weighted by molar-refractivity contribution is 7.89. The zero-order valence-corrected chi connectivity index (χ0v) is 16.2. The highest BCUT2D eigenvalue weighted by atomic mass is 32.2. The summed E-state index contributed by atoms with van der Waals surface area (Å²) in [5.74, 6) is 0.113. The number of sulfonamides is 1. The number of carbonyl (C=O) groups is 1. The predicted octanol–water partition coefficient (Wildman–Crippen LogP) is 3.30. The Balaban J connectivity index is 1.54. The van der Waals surface area contributed by atoms with E-state index >= 15 is 0 Å². The Bertz CT molecular complexity index is 1000. The molecule has 28 heavy (non-hydrogen) atoms. The summed E-state index contributed by atoms with van der Waals surface area (Å²) >= 11 is 0. The molecule has 0 atom stereocenters. The van der Waals surface area contributed by atoms with Crippen LogP contribution in [-0.2, 0) is 34.2 Å². The second kappa shape index (κ2) is 9.39. The number of aromatic nitrogens is 1. The second-order valence-electron chi connectivity index (χ2n) is 6.53. The van der Waals surface area contributed by atoms with E-state index in [1.807, 2.05) is 42.5 Å². The van der Waals surface area contributed by atoms with E-state index in [1.165, 1.54) is 12.1 Å². The normalized spacial score (nSPS) is 11.3. The van der Waals surface area contributed by atoms with Gasteiger partial charge in [0.25, 0.3) is 0 Å². The van der Waals surface area contributed by atoms with Crippen LogP contribution in [0.25, 0.3) is 0 Å². The lowest BCUT2D eigenvalue weighted by Crippen LogP contribution is -2.23. The molecule has 2 aromatic carbocycles. The Morgan fingerprint density at radius 1 is 0.857 bits per heavy atom. The van der Waals surface area contributed by atoms with E-state index in [1.54, 1.807) is 24.5 Å². The van der Waals surface area contributed by atoms with Crippen LogP contribution in [0.15, 0.2) is 84.0 Å². The van der Waals surface area contributed by atoms with Crippen LogP contribution < -0.4 is 4.72 Å². The molecule has 1 N–H and O–H groups in total. The maximum atomic E-state index is 12.4. The molecule has 0 saturated carbocycles. The number of rotatable bonds is 9. The van der Waals surface area contributed by atoms with Gasteiger partial charge in [-0.2, -0.15) is 0 Å². The molecule has 0 aliphatic heterocycles. The van der Waals surface area contributed by atoms with Gasteiger partial charge in [0.15, 0.2) is 0 Å². The second-order valence-corrected chi connectivity index (χ2v) is 8.30. The number of hydrogen-bond donors (Lipinski definition) is 1. The third-order valence-corrected chi connectivity index (χ3v) is 5.78. The molecule has 6 heteroatoms. The number of nitrogens with zero attached hydrogens (tertiary/aromatic N) is 1. The first-order valence-corrected chi connectivity index (χ1v) is 10.5. The lowest BCUT2D eigenvalue weighted by Gasteiger charge is -2.08. The molecule has 0 fully saturated rings. The number of nitrogens with one attached hydrogen (secondary N) is 1. The van der Waals surface area contributed by atoms with Crippen LogP contribution in [0.1, 0.15) is 23.1 Å². The average molecular weight is 394 g/mol. The molecule has 0 aliphatic carbocycles. The molecule has 5 nitrogen and oxygen atoms in total. The SMILES string of the molecule is O=C(CCc1cccnc1)Cc1ccc(S(=O)(=O)NCc2ccccc2)cc1. The number of pyridine rings is 1. The first-order valence-electron chi connectivity index (χ1n) is 9.06. The van der Waals surface area contributed by atoms with E-state index in [0.29, 0.717) is 12.8 Å². The van der Waals surface area contributed by atoms with Gasteiger partial charge in [-0.25, -0.2) is 13.1 Å². The third kappa shape index (κ3) is 5.84. The van der Waals surface area contributed by atoms with Crippen LogP contribution in [0.5, 0.6) is 0 Å². The fourth-order valence-electron chi connectivity index (χ4n) is 2.79. The highest BCUT2D eigenvalue weighted by Crippen LogP contribution is 2.13. The third-order valence-electron chi connectivity index (χ3n) is 4.36. The van der Waals surface area contributed by atoms with Crippen molar-refractivity contribution in [3.05, 3.63) is 95.8 Å². The quantitative estimate of drug-likeness (QED) is 0.604. The van der Waals surface area contributed by atoms with Crippen molar-refractivity contribution in [2.24, 2.45) is 0 Å². The molecule has 0 aliphatic rings. The van der Waals surface area contributed by atoms with Gasteiger partial charge < -0.3 is 0 Å². The van der Waals surface area contributed by atoms with Crippen LogP contribution in [0.3, 0.4) is 0 Å². The van der Waals surface area contributed by atoms with Crippen LogP contribution in [0, 0.1) is 0 Å². The van der Waals surface area contributed by atoms with Gasteiger partial charge in [-0.15, -0.1) is 0 Å². The predicted molar refractivity (Wildman–Crippen MR) is 108 cm³/mol. The van der Waals surface area contributed by atoms with Crippen LogP contribution in [0.4, 0.5) is 0 Å². The van der Waals surface area contributed by atoms with Crippen molar-refractivity contribution < 1.29 is 13.2 Å². The Labute approximate surface area is 165 Å². The topological polar surface area (TPSA) is 76.1 Å². The molecular formula is C22H22N2O3S. The van der Waals surface area contributed by atoms with E-state index < -0.39 is 10.0 Å². The summed E-state index contributed by atoms with van der Waals surface area (Å²) in [7, 11) is -3.59. The standard InChI is InChI=1S/C22H22N2O3S/c25-21(11-8-20-7-4-14-23-16-20)15-18-9-12-22(13-10-18)28(26,27)24-17-19-5-2-1-3-6-19/h1-7,9-10,12-14,16,24H,8,11,15,17H2. The molecule has 0 unspecified atom stereocenters. The number of hydrogen-bond acceptors (Lipinski definition) is 4. The van der Waals surface area contributed by atoms with Gasteiger partial charge in [-0.3, -0.25) is 9.78 Å². The minimum Gasteiger partial charge on any atom is -0.299 e. The van der Waals surface area contributed by atoms with Gasteiger partial charge in [0, 0.05) is 31.8 Å². The first-order chi connectivity index (χ1) is 13.5. The lowest BCUT2D eigenvalue weighted by atomic mass is 10.0. The Morgan fingerprint density at radius 2 is 1.57 bits per heavy atom. The zero-order valence-electron chi connectivity index (χ0n) is 15.4. The fourth-order valence-corrected chi connectivity index (χ4v) is 3.81. The summed E-state index contributed by atoms with van der Waals surface area (Å²) in [6.07, 6.45) is 4.84. The van der Waals surface area contributed by atoms with Crippen molar-refractivity contribution in [2.75, 3.05) is 0 Å². The van der Waals surface area contributed by atoms with Crippen molar-refractivity contribution in [3.63, 3.8) is 0 Å². The fraction of sp³-hybridized carbons (Fsp3) is 0.182. The molecule has 0 spiro atoms.